The minimum absolute atomic E-state index is 0.153. The Hall–Kier alpha value is -1.29. The van der Waals surface area contributed by atoms with Gasteiger partial charge < -0.3 is 10.6 Å². The van der Waals surface area contributed by atoms with Gasteiger partial charge in [0, 0.05) is 6.04 Å². The minimum atomic E-state index is -0.390. The fraction of sp³-hybridized carbons (Fsp3) is 0.533. The summed E-state index contributed by atoms with van der Waals surface area (Å²) in [7, 11) is 0. The van der Waals surface area contributed by atoms with Crippen LogP contribution in [-0.2, 0) is 5.54 Å². The van der Waals surface area contributed by atoms with Crippen LogP contribution in [0.1, 0.15) is 38.2 Å². The first-order valence-electron chi connectivity index (χ1n) is 7.07. The largest absolute Gasteiger partial charge is 0.370 e. The predicted octanol–water partition coefficient (Wildman–Crippen LogP) is 3.27. The summed E-state index contributed by atoms with van der Waals surface area (Å²) in [4.78, 5) is 6.64. The quantitative estimate of drug-likeness (QED) is 0.910. The highest BCUT2D eigenvalue weighted by Crippen LogP contribution is 2.39. The molecule has 20 heavy (non-hydrogen) atoms. The van der Waals surface area contributed by atoms with Crippen molar-refractivity contribution in [1.82, 2.24) is 4.90 Å². The number of guanidine groups is 1. The van der Waals surface area contributed by atoms with Gasteiger partial charge in [0.25, 0.3) is 0 Å². The van der Waals surface area contributed by atoms with E-state index < -0.39 is 5.82 Å². The van der Waals surface area contributed by atoms with Gasteiger partial charge in [-0.05, 0) is 37.5 Å². The van der Waals surface area contributed by atoms with Crippen molar-refractivity contribution in [2.45, 2.75) is 44.2 Å². The van der Waals surface area contributed by atoms with Crippen molar-refractivity contribution in [1.29, 1.82) is 0 Å². The first kappa shape index (κ1) is 13.7. The van der Waals surface area contributed by atoms with Crippen LogP contribution in [0.15, 0.2) is 23.2 Å². The molecule has 0 saturated heterocycles. The number of rotatable bonds is 2. The zero-order chi connectivity index (χ0) is 14.3. The molecule has 3 rings (SSSR count). The van der Waals surface area contributed by atoms with Crippen LogP contribution in [0.2, 0.25) is 5.02 Å². The average Bonchev–Trinajstić information content (AvgIpc) is 3.02. The maximum Gasteiger partial charge on any atom is 0.192 e. The van der Waals surface area contributed by atoms with Gasteiger partial charge in [0.15, 0.2) is 5.96 Å². The van der Waals surface area contributed by atoms with Crippen molar-refractivity contribution in [2.75, 3.05) is 6.54 Å². The zero-order valence-electron chi connectivity index (χ0n) is 11.6. The lowest BCUT2D eigenvalue weighted by Gasteiger charge is -2.41. The van der Waals surface area contributed by atoms with Crippen LogP contribution in [0, 0.1) is 5.82 Å². The number of benzene rings is 1. The van der Waals surface area contributed by atoms with E-state index in [0.717, 1.165) is 18.4 Å². The third-order valence-corrected chi connectivity index (χ3v) is 4.85. The van der Waals surface area contributed by atoms with Gasteiger partial charge in [-0.3, -0.25) is 4.99 Å². The molecule has 3 nitrogen and oxygen atoms in total. The molecule has 1 aromatic carbocycles. The van der Waals surface area contributed by atoms with Crippen molar-refractivity contribution < 1.29 is 4.39 Å². The lowest BCUT2D eigenvalue weighted by Crippen LogP contribution is -2.52. The van der Waals surface area contributed by atoms with E-state index in [0.29, 0.717) is 18.5 Å². The average molecular weight is 296 g/mol. The fourth-order valence-corrected chi connectivity index (χ4v) is 3.63. The molecule has 1 atom stereocenters. The fourth-order valence-electron chi connectivity index (χ4n) is 3.45. The topological polar surface area (TPSA) is 41.6 Å². The van der Waals surface area contributed by atoms with Gasteiger partial charge >= 0.3 is 0 Å². The van der Waals surface area contributed by atoms with Crippen LogP contribution in [0.25, 0.3) is 0 Å². The van der Waals surface area contributed by atoms with E-state index in [-0.39, 0.29) is 10.6 Å². The van der Waals surface area contributed by atoms with Gasteiger partial charge in [-0.2, -0.15) is 0 Å². The Labute approximate surface area is 123 Å². The van der Waals surface area contributed by atoms with E-state index in [2.05, 4.69) is 16.8 Å². The second kappa shape index (κ2) is 4.92. The molecule has 0 amide bonds. The Morgan fingerprint density at radius 1 is 1.40 bits per heavy atom. The normalized spacial score (nSPS) is 27.1. The van der Waals surface area contributed by atoms with Crippen LogP contribution in [-0.4, -0.2) is 23.4 Å². The van der Waals surface area contributed by atoms with Crippen molar-refractivity contribution in [2.24, 2.45) is 10.7 Å². The minimum Gasteiger partial charge on any atom is -0.370 e. The van der Waals surface area contributed by atoms with Gasteiger partial charge in [-0.1, -0.05) is 30.5 Å². The highest BCUT2D eigenvalue weighted by Gasteiger charge is 2.44. The third-order valence-electron chi connectivity index (χ3n) is 4.56. The number of nitrogens with two attached hydrogens (primary N) is 1. The first-order valence-corrected chi connectivity index (χ1v) is 7.45. The molecule has 5 heteroatoms. The molecule has 0 bridgehead atoms. The Morgan fingerprint density at radius 2 is 2.10 bits per heavy atom. The Balaban J connectivity index is 1.98. The maximum absolute atomic E-state index is 13.4. The van der Waals surface area contributed by atoms with Crippen molar-refractivity contribution >= 4 is 17.6 Å². The number of halogens is 2. The summed E-state index contributed by atoms with van der Waals surface area (Å²) in [5.74, 6) is 0.207. The Kier molecular flexibility index (Phi) is 3.36. The van der Waals surface area contributed by atoms with E-state index >= 15 is 0 Å². The van der Waals surface area contributed by atoms with Crippen LogP contribution < -0.4 is 5.73 Å². The van der Waals surface area contributed by atoms with Gasteiger partial charge in [-0.25, -0.2) is 4.39 Å². The highest BCUT2D eigenvalue weighted by atomic mass is 35.5. The monoisotopic (exact) mass is 295 g/mol. The number of aliphatic imine (C=N–C) groups is 1. The summed E-state index contributed by atoms with van der Waals surface area (Å²) in [6.07, 6.45) is 4.74. The second-order valence-electron chi connectivity index (χ2n) is 5.89. The van der Waals surface area contributed by atoms with Gasteiger partial charge in [0.05, 0.1) is 17.1 Å². The molecule has 0 radical (unpaired) electrons. The van der Waals surface area contributed by atoms with E-state index in [1.165, 1.54) is 18.9 Å². The van der Waals surface area contributed by atoms with Crippen molar-refractivity contribution in [3.05, 3.63) is 34.6 Å². The molecular weight excluding hydrogens is 277 g/mol. The third kappa shape index (κ3) is 2.06. The van der Waals surface area contributed by atoms with Gasteiger partial charge in [0.2, 0.25) is 0 Å². The van der Waals surface area contributed by atoms with Crippen molar-refractivity contribution in [3.63, 3.8) is 0 Å². The zero-order valence-corrected chi connectivity index (χ0v) is 12.3. The van der Waals surface area contributed by atoms with Crippen LogP contribution >= 0.6 is 11.6 Å². The number of nitrogens with zero attached hydrogens (tertiary/aromatic N) is 2. The molecule has 1 unspecified atom stereocenters. The lowest BCUT2D eigenvalue weighted by molar-refractivity contribution is 0.167. The molecule has 1 aliphatic heterocycles. The second-order valence-corrected chi connectivity index (χ2v) is 6.29. The maximum atomic E-state index is 13.4. The molecule has 1 heterocycles. The molecule has 1 aromatic rings. The number of hydrogen-bond acceptors (Lipinski definition) is 3. The Morgan fingerprint density at radius 3 is 2.75 bits per heavy atom. The smallest absolute Gasteiger partial charge is 0.192 e. The molecule has 108 valence electrons. The van der Waals surface area contributed by atoms with Crippen LogP contribution in [0.3, 0.4) is 0 Å². The summed E-state index contributed by atoms with van der Waals surface area (Å²) >= 11 is 5.94. The molecule has 1 saturated carbocycles. The molecular formula is C15H19ClFN3. The highest BCUT2D eigenvalue weighted by molar-refractivity contribution is 6.30. The first-order chi connectivity index (χ1) is 9.52. The summed E-state index contributed by atoms with van der Waals surface area (Å²) in [6, 6.07) is 5.34. The molecule has 2 N–H and O–H groups in total. The summed E-state index contributed by atoms with van der Waals surface area (Å²) in [5, 5.41) is 0.153. The lowest BCUT2D eigenvalue weighted by atomic mass is 9.89. The van der Waals surface area contributed by atoms with Crippen LogP contribution in [0.4, 0.5) is 4.39 Å². The molecule has 1 fully saturated rings. The molecule has 0 aromatic heterocycles. The Bertz CT molecular complexity index is 554. The predicted molar refractivity (Wildman–Crippen MR) is 79.3 cm³/mol. The summed E-state index contributed by atoms with van der Waals surface area (Å²) < 4.78 is 13.4. The molecule has 2 aliphatic rings. The standard InChI is InChI=1S/C15H19ClFN3/c1-15(10-6-7-13(17)12(16)8-10)9-19-14(18)20(15)11-4-2-3-5-11/h6-8,11H,2-5,9H2,1H3,(H2,18,19). The van der Waals surface area contributed by atoms with Crippen molar-refractivity contribution in [3.8, 4) is 0 Å². The van der Waals surface area contributed by atoms with E-state index in [9.17, 15) is 4.39 Å². The summed E-state index contributed by atoms with van der Waals surface area (Å²) in [6.45, 7) is 2.70. The van der Waals surface area contributed by atoms with E-state index in [1.807, 2.05) is 0 Å². The van der Waals surface area contributed by atoms with Gasteiger partial charge in [0.1, 0.15) is 5.82 Å². The van der Waals surface area contributed by atoms with Crippen LogP contribution in [0.5, 0.6) is 0 Å². The number of hydrogen-bond donors (Lipinski definition) is 1. The SMILES string of the molecule is CC1(c2ccc(F)c(Cl)c2)CN=C(N)N1C1CCCC1. The van der Waals surface area contributed by atoms with E-state index in [1.54, 1.807) is 12.1 Å². The molecule has 1 aliphatic carbocycles. The van der Waals surface area contributed by atoms with Gasteiger partial charge in [-0.15, -0.1) is 0 Å². The molecule has 0 spiro atoms. The van der Waals surface area contributed by atoms with E-state index in [4.69, 9.17) is 17.3 Å². The summed E-state index contributed by atoms with van der Waals surface area (Å²) in [5.41, 5.74) is 6.76.